The summed E-state index contributed by atoms with van der Waals surface area (Å²) in [6.45, 7) is 7.07. The molecular weight excluding hydrogens is 491 g/mol. The third-order valence-corrected chi connectivity index (χ3v) is 10.0. The minimum atomic E-state index is -0.698. The number of fused-ring (bicyclic) bond motifs is 2. The molecule has 3 aliphatic carbocycles. The summed E-state index contributed by atoms with van der Waals surface area (Å²) in [5.74, 6) is 0.616. The van der Waals surface area contributed by atoms with Crippen LogP contribution >= 0.6 is 0 Å². The quantitative estimate of drug-likeness (QED) is 0.339. The molecule has 0 bridgehead atoms. The number of halogens is 1. The molecule has 0 radical (unpaired) electrons. The minimum absolute atomic E-state index is 0.125. The molecule has 1 N–H and O–H groups in total. The number of methoxy groups -OCH3 is 1. The Hall–Kier alpha value is -3.34. The maximum atomic E-state index is 15.1. The largest absolute Gasteiger partial charge is 0.497 e. The zero-order valence-corrected chi connectivity index (χ0v) is 23.2. The first-order valence-electron chi connectivity index (χ1n) is 14.1. The topological polar surface area (TPSA) is 55.8 Å². The number of aryl methyl sites for hydroxylation is 1. The van der Waals surface area contributed by atoms with Crippen LogP contribution in [0, 0.1) is 23.1 Å². The highest BCUT2D eigenvalue weighted by atomic mass is 19.1. The van der Waals surface area contributed by atoms with Crippen molar-refractivity contribution in [1.82, 2.24) is 0 Å². The van der Waals surface area contributed by atoms with Crippen LogP contribution in [0.3, 0.4) is 0 Å². The summed E-state index contributed by atoms with van der Waals surface area (Å²) in [5, 5.41) is 9.74. The van der Waals surface area contributed by atoms with Gasteiger partial charge < -0.3 is 14.6 Å². The van der Waals surface area contributed by atoms with Gasteiger partial charge in [-0.15, -0.1) is 0 Å². The average molecular weight is 529 g/mol. The first-order valence-corrected chi connectivity index (χ1v) is 14.1. The van der Waals surface area contributed by atoms with Crippen LogP contribution in [-0.4, -0.2) is 18.2 Å². The van der Waals surface area contributed by atoms with E-state index >= 15 is 4.39 Å². The molecule has 0 unspecified atom stereocenters. The van der Waals surface area contributed by atoms with Crippen molar-refractivity contribution in [3.8, 4) is 22.6 Å². The van der Waals surface area contributed by atoms with Gasteiger partial charge in [-0.3, -0.25) is 4.79 Å². The van der Waals surface area contributed by atoms with Crippen molar-refractivity contribution in [3.05, 3.63) is 82.7 Å². The number of ether oxygens (including phenoxy) is 2. The highest BCUT2D eigenvalue weighted by molar-refractivity contribution is 5.79. The molecule has 204 valence electrons. The summed E-state index contributed by atoms with van der Waals surface area (Å²) in [7, 11) is 1.60. The third kappa shape index (κ3) is 4.21. The van der Waals surface area contributed by atoms with Crippen molar-refractivity contribution in [2.24, 2.45) is 17.3 Å². The van der Waals surface area contributed by atoms with Crippen LogP contribution in [0.25, 0.3) is 11.1 Å². The SMILES string of the molecule is COc1ccc(F)c(-c2ccc(COc3ccc4c(c3)[C@@]3(CC4)[C@@H](C)[C@@H]3C(=O)O)cc2[C@H]2CCCC2(C)C)c1. The zero-order chi connectivity index (χ0) is 27.5. The lowest BCUT2D eigenvalue weighted by molar-refractivity contribution is -0.139. The first-order chi connectivity index (χ1) is 18.7. The normalized spacial score (nSPS) is 26.4. The van der Waals surface area contributed by atoms with Crippen molar-refractivity contribution in [2.75, 3.05) is 7.11 Å². The average Bonchev–Trinajstić information content (AvgIpc) is 3.15. The van der Waals surface area contributed by atoms with E-state index in [0.29, 0.717) is 23.8 Å². The van der Waals surface area contributed by atoms with Gasteiger partial charge in [-0.05, 0) is 101 Å². The maximum absolute atomic E-state index is 15.1. The highest BCUT2D eigenvalue weighted by Gasteiger charge is 2.68. The van der Waals surface area contributed by atoms with Gasteiger partial charge in [0, 0.05) is 11.0 Å². The van der Waals surface area contributed by atoms with E-state index in [4.69, 9.17) is 9.47 Å². The molecule has 1 spiro atoms. The summed E-state index contributed by atoms with van der Waals surface area (Å²) < 4.78 is 26.8. The number of aliphatic carboxylic acids is 1. The lowest BCUT2D eigenvalue weighted by Crippen LogP contribution is -2.17. The van der Waals surface area contributed by atoms with Crippen LogP contribution in [0.5, 0.6) is 11.5 Å². The van der Waals surface area contributed by atoms with E-state index in [1.165, 1.54) is 11.6 Å². The van der Waals surface area contributed by atoms with Crippen LogP contribution in [-0.2, 0) is 23.2 Å². The number of carbonyl (C=O) groups is 1. The molecule has 3 aliphatic rings. The second-order valence-electron chi connectivity index (χ2n) is 12.5. The predicted octanol–water partition coefficient (Wildman–Crippen LogP) is 7.91. The molecule has 3 aromatic rings. The molecule has 4 nitrogen and oxygen atoms in total. The van der Waals surface area contributed by atoms with E-state index in [9.17, 15) is 9.90 Å². The molecule has 6 rings (SSSR count). The van der Waals surface area contributed by atoms with Crippen LogP contribution in [0.2, 0.25) is 0 Å². The second kappa shape index (κ2) is 9.39. The van der Waals surface area contributed by atoms with E-state index in [2.05, 4.69) is 39.0 Å². The predicted molar refractivity (Wildman–Crippen MR) is 150 cm³/mol. The fourth-order valence-electron chi connectivity index (χ4n) is 7.78. The van der Waals surface area contributed by atoms with Gasteiger partial charge in [-0.2, -0.15) is 0 Å². The van der Waals surface area contributed by atoms with Crippen molar-refractivity contribution < 1.29 is 23.8 Å². The van der Waals surface area contributed by atoms with E-state index < -0.39 is 5.97 Å². The Balaban J connectivity index is 1.31. The third-order valence-electron chi connectivity index (χ3n) is 10.0. The number of carboxylic acid groups (broad SMARTS) is 1. The Morgan fingerprint density at radius 3 is 2.51 bits per heavy atom. The monoisotopic (exact) mass is 528 g/mol. The summed E-state index contributed by atoms with van der Waals surface area (Å²) in [6, 6.07) is 17.3. The summed E-state index contributed by atoms with van der Waals surface area (Å²) >= 11 is 0. The fraction of sp³-hybridized carbons (Fsp3) is 0.441. The summed E-state index contributed by atoms with van der Waals surface area (Å²) in [4.78, 5) is 11.9. The van der Waals surface area contributed by atoms with Crippen LogP contribution < -0.4 is 9.47 Å². The van der Waals surface area contributed by atoms with E-state index in [1.54, 1.807) is 19.2 Å². The summed E-state index contributed by atoms with van der Waals surface area (Å²) in [6.07, 6.45) is 5.20. The first kappa shape index (κ1) is 25.9. The Kier molecular flexibility index (Phi) is 6.24. The standard InChI is InChI=1S/C34H37FO4/c1-20-31(32(36)37)34(20)15-13-22-8-9-24(18-29(22)34)39-19-21-7-11-25(27-17-23(38-4)10-12-30(27)35)26(16-21)28-6-5-14-33(28,2)3/h7-12,16-18,20,28,31H,5-6,13-15,19H2,1-4H3,(H,36,37)/t20-,28+,31+,34+/m0/s1. The molecule has 0 aromatic heterocycles. The molecule has 0 aliphatic heterocycles. The van der Waals surface area contributed by atoms with E-state index in [1.807, 2.05) is 18.2 Å². The molecule has 0 heterocycles. The molecule has 39 heavy (non-hydrogen) atoms. The number of benzene rings is 3. The molecule has 2 saturated carbocycles. The number of carboxylic acids is 1. The Bertz CT molecular complexity index is 1440. The van der Waals surface area contributed by atoms with Gasteiger partial charge in [0.15, 0.2) is 0 Å². The smallest absolute Gasteiger partial charge is 0.307 e. The van der Waals surface area contributed by atoms with E-state index in [0.717, 1.165) is 60.1 Å². The van der Waals surface area contributed by atoms with Gasteiger partial charge in [-0.1, -0.05) is 51.5 Å². The maximum Gasteiger partial charge on any atom is 0.307 e. The second-order valence-corrected chi connectivity index (χ2v) is 12.5. The summed E-state index contributed by atoms with van der Waals surface area (Å²) in [5.41, 5.74) is 5.95. The van der Waals surface area contributed by atoms with Crippen LogP contribution in [0.1, 0.15) is 74.6 Å². The van der Waals surface area contributed by atoms with Gasteiger partial charge in [0.1, 0.15) is 23.9 Å². The van der Waals surface area contributed by atoms with Crippen molar-refractivity contribution in [3.63, 3.8) is 0 Å². The molecular formula is C34H37FO4. The van der Waals surface area contributed by atoms with Crippen molar-refractivity contribution in [1.29, 1.82) is 0 Å². The van der Waals surface area contributed by atoms with Gasteiger partial charge >= 0.3 is 5.97 Å². The van der Waals surface area contributed by atoms with Gasteiger partial charge in [0.05, 0.1) is 13.0 Å². The van der Waals surface area contributed by atoms with Gasteiger partial charge in [0.2, 0.25) is 0 Å². The molecule has 2 fully saturated rings. The molecule has 0 amide bonds. The van der Waals surface area contributed by atoms with Gasteiger partial charge in [0.25, 0.3) is 0 Å². The Morgan fingerprint density at radius 2 is 1.82 bits per heavy atom. The zero-order valence-electron chi connectivity index (χ0n) is 23.2. The number of hydrogen-bond donors (Lipinski definition) is 1. The van der Waals surface area contributed by atoms with Crippen molar-refractivity contribution >= 4 is 5.97 Å². The lowest BCUT2D eigenvalue weighted by Gasteiger charge is -2.30. The van der Waals surface area contributed by atoms with Crippen LogP contribution in [0.15, 0.2) is 54.6 Å². The lowest BCUT2D eigenvalue weighted by atomic mass is 9.75. The van der Waals surface area contributed by atoms with Crippen LogP contribution in [0.4, 0.5) is 4.39 Å². The number of rotatable bonds is 7. The van der Waals surface area contributed by atoms with Crippen molar-refractivity contribution in [2.45, 2.75) is 70.8 Å². The Labute approximate surface area is 230 Å². The Morgan fingerprint density at radius 1 is 1.03 bits per heavy atom. The van der Waals surface area contributed by atoms with Gasteiger partial charge in [-0.25, -0.2) is 4.39 Å². The van der Waals surface area contributed by atoms with E-state index in [-0.39, 0.29) is 28.5 Å². The molecule has 5 heteroatoms. The molecule has 3 aromatic carbocycles. The highest BCUT2D eigenvalue weighted by Crippen LogP contribution is 2.66. The number of hydrogen-bond acceptors (Lipinski definition) is 3. The molecule has 4 atom stereocenters. The minimum Gasteiger partial charge on any atom is -0.497 e. The molecule has 0 saturated heterocycles. The fourth-order valence-corrected chi connectivity index (χ4v) is 7.78.